The lowest BCUT2D eigenvalue weighted by Crippen LogP contribution is -2.06. The highest BCUT2D eigenvalue weighted by atomic mass is 16.5. The molecule has 22 heavy (non-hydrogen) atoms. The number of para-hydroxylation sites is 1. The van der Waals surface area contributed by atoms with Crippen LogP contribution in [0.4, 0.5) is 0 Å². The van der Waals surface area contributed by atoms with E-state index in [1.54, 1.807) is 0 Å². The van der Waals surface area contributed by atoms with Gasteiger partial charge in [-0.15, -0.1) is 0 Å². The Balaban J connectivity index is 1.84. The Morgan fingerprint density at radius 1 is 1.00 bits per heavy atom. The quantitative estimate of drug-likeness (QED) is 0.423. The van der Waals surface area contributed by atoms with Crippen LogP contribution in [-0.4, -0.2) is 12.8 Å². The smallest absolute Gasteiger partial charge is 0.128 e. The van der Waals surface area contributed by atoms with Crippen molar-refractivity contribution >= 4 is 6.21 Å². The molecule has 0 saturated carbocycles. The second kappa shape index (κ2) is 9.61. The number of ether oxygens (including phenoxy) is 1. The molecule has 0 saturated heterocycles. The molecule has 0 aromatic heterocycles. The standard InChI is InChI=1S/C19H24N2O/c1-2-3-9-14-22-19-13-8-7-12-18(19)16-21-20-15-17-10-5-4-6-11-17/h4-8,10-13,16,20H,2-3,9,14-15H2,1H3. The molecule has 0 aliphatic carbocycles. The molecule has 1 N–H and O–H groups in total. The number of hydrazone groups is 1. The van der Waals surface area contributed by atoms with Crippen LogP contribution in [0, 0.1) is 0 Å². The highest BCUT2D eigenvalue weighted by molar-refractivity contribution is 5.83. The highest BCUT2D eigenvalue weighted by Gasteiger charge is 2.00. The van der Waals surface area contributed by atoms with E-state index in [1.807, 2.05) is 48.7 Å². The zero-order valence-electron chi connectivity index (χ0n) is 13.2. The van der Waals surface area contributed by atoms with Crippen molar-refractivity contribution in [3.05, 3.63) is 65.7 Å². The maximum absolute atomic E-state index is 5.84. The first-order chi connectivity index (χ1) is 10.9. The lowest BCUT2D eigenvalue weighted by molar-refractivity contribution is 0.306. The first kappa shape index (κ1) is 16.1. The summed E-state index contributed by atoms with van der Waals surface area (Å²) in [5, 5.41) is 4.29. The van der Waals surface area contributed by atoms with E-state index >= 15 is 0 Å². The molecule has 0 spiro atoms. The minimum absolute atomic E-state index is 0.719. The molecule has 3 nitrogen and oxygen atoms in total. The summed E-state index contributed by atoms with van der Waals surface area (Å²) in [6.07, 6.45) is 5.32. The van der Waals surface area contributed by atoms with Gasteiger partial charge in [0, 0.05) is 5.56 Å². The number of unbranched alkanes of at least 4 members (excludes halogenated alkanes) is 2. The predicted molar refractivity (Wildman–Crippen MR) is 92.3 cm³/mol. The average molecular weight is 296 g/mol. The third kappa shape index (κ3) is 5.60. The van der Waals surface area contributed by atoms with Gasteiger partial charge in [0.05, 0.1) is 19.4 Å². The lowest BCUT2D eigenvalue weighted by Gasteiger charge is -2.08. The lowest BCUT2D eigenvalue weighted by atomic mass is 10.2. The molecule has 2 rings (SSSR count). The predicted octanol–water partition coefficient (Wildman–Crippen LogP) is 4.38. The van der Waals surface area contributed by atoms with E-state index < -0.39 is 0 Å². The van der Waals surface area contributed by atoms with E-state index in [-0.39, 0.29) is 0 Å². The van der Waals surface area contributed by atoms with Crippen molar-refractivity contribution in [1.29, 1.82) is 0 Å². The summed E-state index contributed by atoms with van der Waals surface area (Å²) in [4.78, 5) is 0. The van der Waals surface area contributed by atoms with Gasteiger partial charge in [0.15, 0.2) is 0 Å². The number of benzene rings is 2. The Bertz CT molecular complexity index is 567. The minimum Gasteiger partial charge on any atom is -0.493 e. The van der Waals surface area contributed by atoms with Gasteiger partial charge in [-0.1, -0.05) is 62.2 Å². The van der Waals surface area contributed by atoms with Crippen molar-refractivity contribution < 1.29 is 4.74 Å². The fourth-order valence-corrected chi connectivity index (χ4v) is 2.10. The van der Waals surface area contributed by atoms with Crippen LogP contribution in [0.3, 0.4) is 0 Å². The first-order valence-corrected chi connectivity index (χ1v) is 7.92. The van der Waals surface area contributed by atoms with Crippen molar-refractivity contribution in [2.45, 2.75) is 32.7 Å². The van der Waals surface area contributed by atoms with Gasteiger partial charge in [0.1, 0.15) is 5.75 Å². The summed E-state index contributed by atoms with van der Waals surface area (Å²) in [6, 6.07) is 18.2. The van der Waals surface area contributed by atoms with E-state index in [4.69, 9.17) is 4.74 Å². The number of hydrogen-bond acceptors (Lipinski definition) is 3. The maximum Gasteiger partial charge on any atom is 0.128 e. The molecule has 0 fully saturated rings. The summed E-state index contributed by atoms with van der Waals surface area (Å²) < 4.78 is 5.84. The second-order valence-corrected chi connectivity index (χ2v) is 5.17. The van der Waals surface area contributed by atoms with Gasteiger partial charge in [0.2, 0.25) is 0 Å². The van der Waals surface area contributed by atoms with Crippen LogP contribution in [0.5, 0.6) is 5.75 Å². The zero-order chi connectivity index (χ0) is 15.5. The van der Waals surface area contributed by atoms with Crippen LogP contribution in [0.1, 0.15) is 37.3 Å². The van der Waals surface area contributed by atoms with E-state index in [0.29, 0.717) is 0 Å². The molecule has 0 aliphatic rings. The molecule has 0 aliphatic heterocycles. The van der Waals surface area contributed by atoms with Gasteiger partial charge in [0.25, 0.3) is 0 Å². The highest BCUT2D eigenvalue weighted by Crippen LogP contribution is 2.16. The second-order valence-electron chi connectivity index (χ2n) is 5.17. The SMILES string of the molecule is CCCCCOc1ccccc1C=NNCc1ccccc1. The van der Waals surface area contributed by atoms with Crippen molar-refractivity contribution in [3.63, 3.8) is 0 Å². The molecule has 116 valence electrons. The molecule has 2 aromatic rings. The van der Waals surface area contributed by atoms with Gasteiger partial charge in [-0.05, 0) is 24.1 Å². The minimum atomic E-state index is 0.719. The summed E-state index contributed by atoms with van der Waals surface area (Å²) in [6.45, 7) is 3.67. The summed E-state index contributed by atoms with van der Waals surface area (Å²) in [5.41, 5.74) is 5.28. The first-order valence-electron chi connectivity index (χ1n) is 7.92. The number of hydrogen-bond donors (Lipinski definition) is 1. The molecule has 3 heteroatoms. The van der Waals surface area contributed by atoms with Crippen LogP contribution in [-0.2, 0) is 6.54 Å². The monoisotopic (exact) mass is 296 g/mol. The van der Waals surface area contributed by atoms with Gasteiger partial charge in [-0.25, -0.2) is 0 Å². The van der Waals surface area contributed by atoms with E-state index in [0.717, 1.165) is 30.9 Å². The fraction of sp³-hybridized carbons (Fsp3) is 0.316. The Labute approximate surface area is 133 Å². The Hall–Kier alpha value is -2.29. The molecule has 0 radical (unpaired) electrons. The third-order valence-corrected chi connectivity index (χ3v) is 3.35. The number of nitrogens with one attached hydrogen (secondary N) is 1. The summed E-state index contributed by atoms with van der Waals surface area (Å²) in [7, 11) is 0. The molecular weight excluding hydrogens is 272 g/mol. The molecular formula is C19H24N2O. The van der Waals surface area contributed by atoms with Gasteiger partial charge < -0.3 is 10.2 Å². The van der Waals surface area contributed by atoms with Crippen molar-refractivity contribution in [2.24, 2.45) is 5.10 Å². The van der Waals surface area contributed by atoms with Crippen molar-refractivity contribution in [3.8, 4) is 5.75 Å². The topological polar surface area (TPSA) is 33.6 Å². The van der Waals surface area contributed by atoms with Crippen LogP contribution in [0.15, 0.2) is 59.7 Å². The molecule has 0 amide bonds. The van der Waals surface area contributed by atoms with Gasteiger partial charge in [-0.3, -0.25) is 0 Å². The molecule has 0 unspecified atom stereocenters. The van der Waals surface area contributed by atoms with Crippen LogP contribution < -0.4 is 10.2 Å². The maximum atomic E-state index is 5.84. The van der Waals surface area contributed by atoms with Crippen LogP contribution in [0.2, 0.25) is 0 Å². The Kier molecular flexibility index (Phi) is 7.03. The Morgan fingerprint density at radius 2 is 1.77 bits per heavy atom. The summed E-state index contributed by atoms with van der Waals surface area (Å²) >= 11 is 0. The van der Waals surface area contributed by atoms with Gasteiger partial charge in [-0.2, -0.15) is 5.10 Å². The summed E-state index contributed by atoms with van der Waals surface area (Å²) in [5.74, 6) is 0.892. The van der Waals surface area contributed by atoms with Crippen molar-refractivity contribution in [1.82, 2.24) is 5.43 Å². The molecule has 2 aromatic carbocycles. The number of rotatable bonds is 9. The van der Waals surface area contributed by atoms with Crippen LogP contribution >= 0.6 is 0 Å². The molecule has 0 bridgehead atoms. The fourth-order valence-electron chi connectivity index (χ4n) is 2.10. The van der Waals surface area contributed by atoms with E-state index in [1.165, 1.54) is 18.4 Å². The van der Waals surface area contributed by atoms with E-state index in [2.05, 4.69) is 29.6 Å². The number of nitrogens with zero attached hydrogens (tertiary/aromatic N) is 1. The Morgan fingerprint density at radius 3 is 2.59 bits per heavy atom. The molecule has 0 atom stereocenters. The average Bonchev–Trinajstić information content (AvgIpc) is 2.57. The van der Waals surface area contributed by atoms with Gasteiger partial charge >= 0.3 is 0 Å². The van der Waals surface area contributed by atoms with Crippen LogP contribution in [0.25, 0.3) is 0 Å². The van der Waals surface area contributed by atoms with Crippen molar-refractivity contribution in [2.75, 3.05) is 6.61 Å². The normalized spacial score (nSPS) is 10.8. The molecule has 0 heterocycles. The third-order valence-electron chi connectivity index (χ3n) is 3.35. The largest absolute Gasteiger partial charge is 0.493 e. The zero-order valence-corrected chi connectivity index (χ0v) is 13.2. The van der Waals surface area contributed by atoms with E-state index in [9.17, 15) is 0 Å².